The number of carbonyl (C=O) groups excluding carboxylic acids is 1. The summed E-state index contributed by atoms with van der Waals surface area (Å²) in [7, 11) is -3.15. The Kier molecular flexibility index (Phi) is 6.49. The van der Waals surface area contributed by atoms with Crippen LogP contribution in [0.4, 0.5) is 0 Å². The molecule has 0 bridgehead atoms. The van der Waals surface area contributed by atoms with Crippen LogP contribution in [0.2, 0.25) is 0 Å². The molecule has 0 fully saturated rings. The van der Waals surface area contributed by atoms with Crippen molar-refractivity contribution in [1.29, 1.82) is 0 Å². The topological polar surface area (TPSA) is 130 Å². The minimum Gasteiger partial charge on any atom is -0.394 e. The summed E-state index contributed by atoms with van der Waals surface area (Å²) in [5.74, 6) is -0.762. The number of aliphatic hydroxyl groups excluding tert-OH is 2. The second kappa shape index (κ2) is 6.79. The average molecular weight is 254 g/mol. The number of sulfone groups is 1. The highest BCUT2D eigenvalue weighted by atomic mass is 32.2. The van der Waals surface area contributed by atoms with Crippen molar-refractivity contribution in [2.24, 2.45) is 5.73 Å². The number of carbonyl (C=O) groups is 1. The van der Waals surface area contributed by atoms with Crippen LogP contribution in [0.25, 0.3) is 0 Å². The van der Waals surface area contributed by atoms with Crippen molar-refractivity contribution in [3.63, 3.8) is 0 Å². The smallest absolute Gasteiger partial charge is 0.237 e. The minimum absolute atomic E-state index is 0.00818. The van der Waals surface area contributed by atoms with E-state index in [2.05, 4.69) is 5.32 Å². The number of aliphatic hydroxyl groups is 2. The van der Waals surface area contributed by atoms with E-state index < -0.39 is 41.0 Å². The van der Waals surface area contributed by atoms with Crippen molar-refractivity contribution in [3.05, 3.63) is 0 Å². The number of nitrogens with one attached hydrogen (secondary N) is 1. The lowest BCUT2D eigenvalue weighted by atomic mass is 10.2. The van der Waals surface area contributed by atoms with Gasteiger partial charge in [0.2, 0.25) is 5.91 Å². The lowest BCUT2D eigenvalue weighted by Crippen LogP contribution is -2.48. The summed E-state index contributed by atoms with van der Waals surface area (Å²) >= 11 is 0. The maximum atomic E-state index is 11.3. The second-order valence-corrected chi connectivity index (χ2v) is 5.86. The summed E-state index contributed by atoms with van der Waals surface area (Å²) < 4.78 is 21.7. The largest absolute Gasteiger partial charge is 0.394 e. The first-order chi connectivity index (χ1) is 7.30. The number of hydrogen-bond acceptors (Lipinski definition) is 6. The van der Waals surface area contributed by atoms with Crippen molar-refractivity contribution >= 4 is 15.7 Å². The maximum Gasteiger partial charge on any atom is 0.237 e. The van der Waals surface area contributed by atoms with Gasteiger partial charge in [0.15, 0.2) is 0 Å². The van der Waals surface area contributed by atoms with E-state index in [1.54, 1.807) is 0 Å². The third-order valence-corrected chi connectivity index (χ3v) is 2.90. The highest BCUT2D eigenvalue weighted by Gasteiger charge is 2.18. The Morgan fingerprint density at radius 1 is 1.38 bits per heavy atom. The van der Waals surface area contributed by atoms with E-state index in [1.807, 2.05) is 0 Å². The van der Waals surface area contributed by atoms with Crippen LogP contribution < -0.4 is 11.1 Å². The van der Waals surface area contributed by atoms with Crippen molar-refractivity contribution in [1.82, 2.24) is 5.32 Å². The Morgan fingerprint density at radius 2 is 1.88 bits per heavy atom. The molecule has 0 aromatic rings. The average Bonchev–Trinajstić information content (AvgIpc) is 2.20. The van der Waals surface area contributed by atoms with Gasteiger partial charge in [-0.25, -0.2) is 8.42 Å². The summed E-state index contributed by atoms with van der Waals surface area (Å²) in [4.78, 5) is 11.3. The fraction of sp³-hybridized carbons (Fsp3) is 0.875. The summed E-state index contributed by atoms with van der Waals surface area (Å²) in [5, 5.41) is 19.7. The highest BCUT2D eigenvalue weighted by molar-refractivity contribution is 7.90. The zero-order valence-electron chi connectivity index (χ0n) is 9.09. The molecule has 96 valence electrons. The number of amides is 1. The molecular formula is C8H18N2O5S. The van der Waals surface area contributed by atoms with Crippen LogP contribution in [0.15, 0.2) is 0 Å². The second-order valence-electron chi connectivity index (χ2n) is 3.60. The van der Waals surface area contributed by atoms with E-state index >= 15 is 0 Å². The molecule has 0 aliphatic carbocycles. The predicted molar refractivity (Wildman–Crippen MR) is 58.4 cm³/mol. The first kappa shape index (κ1) is 15.3. The number of nitrogens with two attached hydrogens (primary N) is 1. The van der Waals surface area contributed by atoms with E-state index in [-0.39, 0.29) is 12.2 Å². The highest BCUT2D eigenvalue weighted by Crippen LogP contribution is 1.95. The van der Waals surface area contributed by atoms with Gasteiger partial charge in [-0.05, 0) is 6.42 Å². The normalized spacial score (nSPS) is 13.8. The standard InChI is InChI=1S/C8H18N2O5S/c1-16(14,15)3-2-7(9)8(13)10-6(4-11)5-12/h6-7,11-12H,2-5,9H2,1H3,(H,10,13). The molecule has 0 heterocycles. The molecule has 16 heavy (non-hydrogen) atoms. The molecule has 1 amide bonds. The van der Waals surface area contributed by atoms with E-state index in [0.717, 1.165) is 6.26 Å². The molecule has 0 aliphatic rings. The molecule has 0 aliphatic heterocycles. The molecule has 5 N–H and O–H groups in total. The number of hydrogen-bond donors (Lipinski definition) is 4. The molecule has 7 nitrogen and oxygen atoms in total. The summed E-state index contributed by atoms with van der Waals surface area (Å²) in [6, 6.07) is -1.73. The van der Waals surface area contributed by atoms with Crippen molar-refractivity contribution < 1.29 is 23.4 Å². The molecule has 0 aromatic carbocycles. The predicted octanol–water partition coefficient (Wildman–Crippen LogP) is -2.78. The van der Waals surface area contributed by atoms with Crippen LogP contribution in [-0.2, 0) is 14.6 Å². The SMILES string of the molecule is CS(=O)(=O)CCC(N)C(=O)NC(CO)CO. The summed E-state index contributed by atoms with van der Waals surface area (Å²) in [6.07, 6.45) is 1.07. The van der Waals surface area contributed by atoms with Crippen LogP contribution in [0, 0.1) is 0 Å². The van der Waals surface area contributed by atoms with E-state index in [4.69, 9.17) is 15.9 Å². The van der Waals surface area contributed by atoms with Crippen LogP contribution in [0.3, 0.4) is 0 Å². The van der Waals surface area contributed by atoms with Gasteiger partial charge in [0, 0.05) is 6.26 Å². The van der Waals surface area contributed by atoms with E-state index in [1.165, 1.54) is 0 Å². The molecule has 1 unspecified atom stereocenters. The minimum atomic E-state index is -3.15. The van der Waals surface area contributed by atoms with Crippen molar-refractivity contribution in [3.8, 4) is 0 Å². The Balaban J connectivity index is 4.09. The zero-order valence-corrected chi connectivity index (χ0v) is 9.90. The van der Waals surface area contributed by atoms with Gasteiger partial charge in [0.1, 0.15) is 9.84 Å². The summed E-state index contributed by atoms with van der Waals surface area (Å²) in [5.41, 5.74) is 5.44. The Hall–Kier alpha value is -0.700. The molecule has 8 heteroatoms. The van der Waals surface area contributed by atoms with Gasteiger partial charge in [0.05, 0.1) is 31.1 Å². The summed E-state index contributed by atoms with van der Waals surface area (Å²) in [6.45, 7) is -0.803. The van der Waals surface area contributed by atoms with Crippen LogP contribution in [0.1, 0.15) is 6.42 Å². The lowest BCUT2D eigenvalue weighted by molar-refractivity contribution is -0.123. The molecule has 0 aromatic heterocycles. The van der Waals surface area contributed by atoms with Crippen molar-refractivity contribution in [2.45, 2.75) is 18.5 Å². The Bertz CT molecular complexity index is 312. The Labute approximate surface area is 94.6 Å². The molecule has 0 radical (unpaired) electrons. The molecule has 0 saturated carbocycles. The quantitative estimate of drug-likeness (QED) is 0.389. The fourth-order valence-electron chi connectivity index (χ4n) is 0.929. The van der Waals surface area contributed by atoms with E-state index in [9.17, 15) is 13.2 Å². The molecular weight excluding hydrogens is 236 g/mol. The van der Waals surface area contributed by atoms with Gasteiger partial charge in [0.25, 0.3) is 0 Å². The van der Waals surface area contributed by atoms with Gasteiger partial charge in [-0.15, -0.1) is 0 Å². The number of rotatable bonds is 7. The van der Waals surface area contributed by atoms with Gasteiger partial charge in [-0.3, -0.25) is 4.79 Å². The van der Waals surface area contributed by atoms with Crippen LogP contribution >= 0.6 is 0 Å². The first-order valence-corrected chi connectivity index (χ1v) is 6.81. The van der Waals surface area contributed by atoms with Crippen LogP contribution in [0.5, 0.6) is 0 Å². The zero-order chi connectivity index (χ0) is 12.8. The van der Waals surface area contributed by atoms with Crippen LogP contribution in [-0.4, -0.2) is 61.8 Å². The molecule has 0 spiro atoms. The fourth-order valence-corrected chi connectivity index (χ4v) is 1.61. The first-order valence-electron chi connectivity index (χ1n) is 4.75. The monoisotopic (exact) mass is 254 g/mol. The van der Waals surface area contributed by atoms with Gasteiger partial charge >= 0.3 is 0 Å². The van der Waals surface area contributed by atoms with Gasteiger partial charge in [-0.1, -0.05) is 0 Å². The third-order valence-electron chi connectivity index (χ3n) is 1.92. The van der Waals surface area contributed by atoms with Gasteiger partial charge in [-0.2, -0.15) is 0 Å². The van der Waals surface area contributed by atoms with E-state index in [0.29, 0.717) is 0 Å². The maximum absolute atomic E-state index is 11.3. The molecule has 1 atom stereocenters. The van der Waals surface area contributed by atoms with Gasteiger partial charge < -0.3 is 21.3 Å². The molecule has 0 rings (SSSR count). The third kappa shape index (κ3) is 6.72. The van der Waals surface area contributed by atoms with Crippen molar-refractivity contribution in [2.75, 3.05) is 25.2 Å². The Morgan fingerprint density at radius 3 is 2.25 bits per heavy atom. The molecule has 0 saturated heterocycles. The lowest BCUT2D eigenvalue weighted by Gasteiger charge is -2.16.